The van der Waals surface area contributed by atoms with E-state index < -0.39 is 0 Å². The summed E-state index contributed by atoms with van der Waals surface area (Å²) in [4.78, 5) is 5.07. The number of likely N-dealkylation sites (tertiary alicyclic amines) is 1. The molecule has 3 heteroatoms. The first-order valence-corrected chi connectivity index (χ1v) is 7.84. The minimum atomic E-state index is 0.398. The topological polar surface area (TPSA) is 32.5 Å². The van der Waals surface area contributed by atoms with Crippen LogP contribution in [-0.2, 0) is 0 Å². The molecule has 2 fully saturated rings. The maximum Gasteiger partial charge on any atom is 0.0247 e. The van der Waals surface area contributed by atoms with Crippen LogP contribution in [0.2, 0.25) is 0 Å². The lowest BCUT2D eigenvalue weighted by Crippen LogP contribution is -2.53. The zero-order valence-corrected chi connectivity index (χ0v) is 12.3. The molecule has 2 aliphatic rings. The SMILES string of the molecule is CN1CCC(N(C)C2CCCCCCC2N)CC1. The number of likely N-dealkylation sites (N-methyl/N-ethyl adjacent to an activating group) is 1. The quantitative estimate of drug-likeness (QED) is 0.817. The Kier molecular flexibility index (Phi) is 5.46. The van der Waals surface area contributed by atoms with E-state index in [9.17, 15) is 0 Å². The molecule has 0 aromatic heterocycles. The van der Waals surface area contributed by atoms with Crippen LogP contribution in [-0.4, -0.2) is 55.1 Å². The van der Waals surface area contributed by atoms with Gasteiger partial charge in [-0.15, -0.1) is 0 Å². The Bertz CT molecular complexity index is 236. The highest BCUT2D eigenvalue weighted by Crippen LogP contribution is 2.24. The number of nitrogens with two attached hydrogens (primary N) is 1. The molecule has 2 atom stereocenters. The van der Waals surface area contributed by atoms with Crippen molar-refractivity contribution in [1.82, 2.24) is 9.80 Å². The van der Waals surface area contributed by atoms with Gasteiger partial charge in [0.25, 0.3) is 0 Å². The van der Waals surface area contributed by atoms with E-state index in [1.54, 1.807) is 0 Å². The van der Waals surface area contributed by atoms with E-state index >= 15 is 0 Å². The second-order valence-electron chi connectivity index (χ2n) is 6.42. The Morgan fingerprint density at radius 3 is 2.22 bits per heavy atom. The van der Waals surface area contributed by atoms with Gasteiger partial charge in [-0.1, -0.05) is 25.7 Å². The van der Waals surface area contributed by atoms with Crippen LogP contribution in [0.3, 0.4) is 0 Å². The molecule has 1 saturated carbocycles. The molecule has 0 aromatic rings. The first-order chi connectivity index (χ1) is 8.68. The molecule has 18 heavy (non-hydrogen) atoms. The van der Waals surface area contributed by atoms with Crippen LogP contribution in [0.1, 0.15) is 51.4 Å². The Hall–Kier alpha value is -0.120. The van der Waals surface area contributed by atoms with Crippen molar-refractivity contribution < 1.29 is 0 Å². The van der Waals surface area contributed by atoms with Gasteiger partial charge in [0.05, 0.1) is 0 Å². The van der Waals surface area contributed by atoms with Crippen LogP contribution in [0, 0.1) is 0 Å². The molecule has 3 nitrogen and oxygen atoms in total. The fourth-order valence-electron chi connectivity index (χ4n) is 3.67. The monoisotopic (exact) mass is 253 g/mol. The van der Waals surface area contributed by atoms with Crippen LogP contribution in [0.25, 0.3) is 0 Å². The zero-order chi connectivity index (χ0) is 13.0. The summed E-state index contributed by atoms with van der Waals surface area (Å²) in [5, 5.41) is 0. The molecule has 1 heterocycles. The minimum Gasteiger partial charge on any atom is -0.326 e. The van der Waals surface area contributed by atoms with E-state index in [-0.39, 0.29) is 0 Å². The molecule has 2 unspecified atom stereocenters. The smallest absolute Gasteiger partial charge is 0.0247 e. The molecular formula is C15H31N3. The van der Waals surface area contributed by atoms with Crippen molar-refractivity contribution >= 4 is 0 Å². The van der Waals surface area contributed by atoms with Gasteiger partial charge in [0, 0.05) is 18.1 Å². The van der Waals surface area contributed by atoms with Crippen LogP contribution in [0.15, 0.2) is 0 Å². The molecule has 0 radical (unpaired) electrons. The van der Waals surface area contributed by atoms with Crippen molar-refractivity contribution in [2.24, 2.45) is 5.73 Å². The Balaban J connectivity index is 1.90. The lowest BCUT2D eigenvalue weighted by Gasteiger charge is -2.42. The zero-order valence-electron chi connectivity index (χ0n) is 12.3. The predicted octanol–water partition coefficient (Wildman–Crippen LogP) is 2.06. The summed E-state index contributed by atoms with van der Waals surface area (Å²) in [5.74, 6) is 0. The molecule has 0 bridgehead atoms. The van der Waals surface area contributed by atoms with Crippen molar-refractivity contribution in [3.05, 3.63) is 0 Å². The predicted molar refractivity (Wildman–Crippen MR) is 77.7 cm³/mol. The van der Waals surface area contributed by atoms with E-state index in [1.165, 1.54) is 64.5 Å². The average molecular weight is 253 g/mol. The first kappa shape index (κ1) is 14.3. The van der Waals surface area contributed by atoms with Crippen LogP contribution >= 0.6 is 0 Å². The number of nitrogens with zero attached hydrogens (tertiary/aromatic N) is 2. The Morgan fingerprint density at radius 1 is 0.944 bits per heavy atom. The van der Waals surface area contributed by atoms with Crippen molar-refractivity contribution in [2.75, 3.05) is 27.2 Å². The number of hydrogen-bond donors (Lipinski definition) is 1. The van der Waals surface area contributed by atoms with Crippen molar-refractivity contribution in [2.45, 2.75) is 69.5 Å². The summed E-state index contributed by atoms with van der Waals surface area (Å²) in [6.07, 6.45) is 10.7. The van der Waals surface area contributed by atoms with Gasteiger partial charge in [0.2, 0.25) is 0 Å². The summed E-state index contributed by atoms with van der Waals surface area (Å²) in [7, 11) is 4.56. The van der Waals surface area contributed by atoms with Gasteiger partial charge in [0.15, 0.2) is 0 Å². The Labute approximate surface area is 113 Å². The maximum atomic E-state index is 6.43. The van der Waals surface area contributed by atoms with E-state index in [0.29, 0.717) is 12.1 Å². The third-order valence-corrected chi connectivity index (χ3v) is 5.07. The van der Waals surface area contributed by atoms with Crippen LogP contribution < -0.4 is 5.73 Å². The molecule has 1 aliphatic carbocycles. The summed E-state index contributed by atoms with van der Waals surface area (Å²) >= 11 is 0. The highest BCUT2D eigenvalue weighted by atomic mass is 15.2. The maximum absolute atomic E-state index is 6.43. The summed E-state index contributed by atoms with van der Waals surface area (Å²) in [6, 6.07) is 1.78. The molecule has 106 valence electrons. The number of piperidine rings is 1. The number of hydrogen-bond acceptors (Lipinski definition) is 3. The normalized spacial score (nSPS) is 33.3. The molecule has 2 N–H and O–H groups in total. The molecule has 2 rings (SSSR count). The Morgan fingerprint density at radius 2 is 1.56 bits per heavy atom. The lowest BCUT2D eigenvalue weighted by atomic mass is 9.90. The van der Waals surface area contributed by atoms with Crippen molar-refractivity contribution in [3.63, 3.8) is 0 Å². The molecule has 1 saturated heterocycles. The summed E-state index contributed by atoms with van der Waals surface area (Å²) in [6.45, 7) is 2.49. The van der Waals surface area contributed by atoms with Crippen molar-refractivity contribution in [1.29, 1.82) is 0 Å². The molecule has 1 aliphatic heterocycles. The molecular weight excluding hydrogens is 222 g/mol. The van der Waals surface area contributed by atoms with Gasteiger partial charge in [0.1, 0.15) is 0 Å². The standard InChI is InChI=1S/C15H31N3/c1-17-11-9-13(10-12-17)18(2)15-8-6-4-3-5-7-14(15)16/h13-15H,3-12,16H2,1-2H3. The highest BCUT2D eigenvalue weighted by molar-refractivity contribution is 4.87. The summed E-state index contributed by atoms with van der Waals surface area (Å²) in [5.41, 5.74) is 6.43. The minimum absolute atomic E-state index is 0.398. The van der Waals surface area contributed by atoms with Gasteiger partial charge in [-0.25, -0.2) is 0 Å². The second kappa shape index (κ2) is 6.88. The van der Waals surface area contributed by atoms with Crippen LogP contribution in [0.4, 0.5) is 0 Å². The van der Waals surface area contributed by atoms with Gasteiger partial charge in [-0.3, -0.25) is 4.90 Å². The second-order valence-corrected chi connectivity index (χ2v) is 6.42. The van der Waals surface area contributed by atoms with E-state index in [0.717, 1.165) is 6.04 Å². The average Bonchev–Trinajstić information content (AvgIpc) is 2.35. The fourth-order valence-corrected chi connectivity index (χ4v) is 3.67. The highest BCUT2D eigenvalue weighted by Gasteiger charge is 2.29. The van der Waals surface area contributed by atoms with Crippen molar-refractivity contribution in [3.8, 4) is 0 Å². The third kappa shape index (κ3) is 3.69. The lowest BCUT2D eigenvalue weighted by molar-refractivity contribution is 0.0841. The van der Waals surface area contributed by atoms with E-state index in [4.69, 9.17) is 5.73 Å². The van der Waals surface area contributed by atoms with E-state index in [1.807, 2.05) is 0 Å². The van der Waals surface area contributed by atoms with Gasteiger partial charge in [-0.05, 0) is 52.9 Å². The third-order valence-electron chi connectivity index (χ3n) is 5.07. The molecule has 0 amide bonds. The first-order valence-electron chi connectivity index (χ1n) is 7.84. The van der Waals surface area contributed by atoms with Gasteiger partial charge < -0.3 is 10.6 Å². The fraction of sp³-hybridized carbons (Fsp3) is 1.00. The summed E-state index contributed by atoms with van der Waals surface area (Å²) < 4.78 is 0. The van der Waals surface area contributed by atoms with Gasteiger partial charge >= 0.3 is 0 Å². The molecule has 0 spiro atoms. The largest absolute Gasteiger partial charge is 0.326 e. The van der Waals surface area contributed by atoms with Crippen LogP contribution in [0.5, 0.6) is 0 Å². The molecule has 0 aromatic carbocycles. The van der Waals surface area contributed by atoms with Gasteiger partial charge in [-0.2, -0.15) is 0 Å². The van der Waals surface area contributed by atoms with E-state index in [2.05, 4.69) is 23.9 Å². The number of rotatable bonds is 2.